The van der Waals surface area contributed by atoms with Crippen molar-refractivity contribution in [1.29, 1.82) is 0 Å². The summed E-state index contributed by atoms with van der Waals surface area (Å²) in [6.07, 6.45) is 0. The first-order valence-electron chi connectivity index (χ1n) is 6.23. The van der Waals surface area contributed by atoms with Gasteiger partial charge in [0.2, 0.25) is 0 Å². The molecular formula is C14H21ClN2O2. The Morgan fingerprint density at radius 1 is 1.26 bits per heavy atom. The third-order valence-corrected chi connectivity index (χ3v) is 2.90. The van der Waals surface area contributed by atoms with E-state index in [-0.39, 0.29) is 5.91 Å². The average Bonchev–Trinajstić information content (AvgIpc) is 2.42. The molecule has 0 fully saturated rings. The van der Waals surface area contributed by atoms with Crippen molar-refractivity contribution in [3.63, 3.8) is 0 Å². The minimum Gasteiger partial charge on any atom is -0.378 e. The Morgan fingerprint density at radius 3 is 2.63 bits per heavy atom. The molecule has 0 saturated heterocycles. The van der Waals surface area contributed by atoms with Crippen molar-refractivity contribution in [3.05, 3.63) is 29.8 Å². The van der Waals surface area contributed by atoms with E-state index in [9.17, 15) is 4.79 Å². The lowest BCUT2D eigenvalue weighted by Crippen LogP contribution is -2.30. The van der Waals surface area contributed by atoms with Gasteiger partial charge in [-0.15, -0.1) is 11.6 Å². The highest BCUT2D eigenvalue weighted by atomic mass is 35.5. The van der Waals surface area contributed by atoms with Gasteiger partial charge in [-0.25, -0.2) is 0 Å². The van der Waals surface area contributed by atoms with E-state index in [1.165, 1.54) is 0 Å². The van der Waals surface area contributed by atoms with Crippen molar-refractivity contribution in [2.75, 3.05) is 51.7 Å². The van der Waals surface area contributed by atoms with E-state index < -0.39 is 0 Å². The topological polar surface area (TPSA) is 32.8 Å². The van der Waals surface area contributed by atoms with Crippen LogP contribution in [0.15, 0.2) is 24.3 Å². The van der Waals surface area contributed by atoms with Gasteiger partial charge in [-0.1, -0.05) is 6.07 Å². The Labute approximate surface area is 119 Å². The molecule has 0 spiro atoms. The Kier molecular flexibility index (Phi) is 6.67. The summed E-state index contributed by atoms with van der Waals surface area (Å²) < 4.78 is 5.27. The van der Waals surface area contributed by atoms with E-state index >= 15 is 0 Å². The number of amides is 1. The molecule has 0 atom stereocenters. The lowest BCUT2D eigenvalue weighted by Gasteiger charge is -2.19. The van der Waals surface area contributed by atoms with Gasteiger partial charge in [0.05, 0.1) is 13.2 Å². The van der Waals surface area contributed by atoms with Gasteiger partial charge in [-0.05, 0) is 18.2 Å². The van der Waals surface area contributed by atoms with Gasteiger partial charge in [0, 0.05) is 44.8 Å². The van der Waals surface area contributed by atoms with Gasteiger partial charge < -0.3 is 14.5 Å². The van der Waals surface area contributed by atoms with Crippen LogP contribution >= 0.6 is 11.6 Å². The zero-order chi connectivity index (χ0) is 14.3. The second kappa shape index (κ2) is 8.02. The number of halogens is 1. The fraction of sp³-hybridized carbons (Fsp3) is 0.500. The molecule has 0 saturated carbocycles. The summed E-state index contributed by atoms with van der Waals surface area (Å²) in [6, 6.07) is 7.57. The number of anilines is 1. The van der Waals surface area contributed by atoms with Crippen LogP contribution in [0.1, 0.15) is 10.4 Å². The summed E-state index contributed by atoms with van der Waals surface area (Å²) in [4.78, 5) is 15.8. The number of carbonyl (C=O) groups is 1. The lowest BCUT2D eigenvalue weighted by atomic mass is 10.1. The molecule has 0 unspecified atom stereocenters. The summed E-state index contributed by atoms with van der Waals surface area (Å²) in [6.45, 7) is 1.57. The summed E-state index contributed by atoms with van der Waals surface area (Å²) in [5.74, 6) is 0.473. The zero-order valence-corrected chi connectivity index (χ0v) is 12.5. The number of nitrogens with zero attached hydrogens (tertiary/aromatic N) is 2. The molecule has 5 heteroatoms. The van der Waals surface area contributed by atoms with Crippen LogP contribution in [0.5, 0.6) is 0 Å². The van der Waals surface area contributed by atoms with Crippen LogP contribution in [0, 0.1) is 0 Å². The maximum Gasteiger partial charge on any atom is 0.253 e. The molecule has 0 aliphatic heterocycles. The van der Waals surface area contributed by atoms with Crippen LogP contribution in [-0.2, 0) is 4.74 Å². The highest BCUT2D eigenvalue weighted by molar-refractivity contribution is 6.17. The van der Waals surface area contributed by atoms with Gasteiger partial charge in [0.15, 0.2) is 0 Å². The van der Waals surface area contributed by atoms with Gasteiger partial charge in [0.25, 0.3) is 5.91 Å². The first-order valence-corrected chi connectivity index (χ1v) is 6.76. The summed E-state index contributed by atoms with van der Waals surface area (Å²) in [5.41, 5.74) is 1.70. The Bertz CT molecular complexity index is 410. The van der Waals surface area contributed by atoms with E-state index in [2.05, 4.69) is 0 Å². The molecule has 106 valence electrons. The maximum atomic E-state index is 12.2. The number of hydrogen-bond acceptors (Lipinski definition) is 3. The van der Waals surface area contributed by atoms with Crippen LogP contribution in [0.2, 0.25) is 0 Å². The largest absolute Gasteiger partial charge is 0.378 e. The number of rotatable bonds is 7. The van der Waals surface area contributed by atoms with Gasteiger partial charge in [-0.2, -0.15) is 0 Å². The van der Waals surface area contributed by atoms with E-state index in [0.717, 1.165) is 5.69 Å². The number of hydrogen-bond donors (Lipinski definition) is 0. The Morgan fingerprint density at radius 2 is 2.00 bits per heavy atom. The summed E-state index contributed by atoms with van der Waals surface area (Å²) >= 11 is 5.51. The van der Waals surface area contributed by atoms with Crippen molar-refractivity contribution in [3.8, 4) is 0 Å². The lowest BCUT2D eigenvalue weighted by molar-refractivity contribution is 0.0712. The van der Waals surface area contributed by atoms with Crippen LogP contribution in [0.25, 0.3) is 0 Å². The van der Waals surface area contributed by atoms with E-state index in [0.29, 0.717) is 31.2 Å². The highest BCUT2D eigenvalue weighted by Gasteiger charge is 2.12. The smallest absolute Gasteiger partial charge is 0.253 e. The van der Waals surface area contributed by atoms with E-state index in [4.69, 9.17) is 16.3 Å². The minimum atomic E-state index is -0.00169. The van der Waals surface area contributed by atoms with Crippen molar-refractivity contribution in [2.24, 2.45) is 0 Å². The third-order valence-electron chi connectivity index (χ3n) is 2.75. The number of benzene rings is 1. The fourth-order valence-electron chi connectivity index (χ4n) is 1.60. The molecule has 4 nitrogen and oxygen atoms in total. The predicted molar refractivity (Wildman–Crippen MR) is 79.3 cm³/mol. The molecule has 0 aliphatic rings. The van der Waals surface area contributed by atoms with Crippen molar-refractivity contribution < 1.29 is 9.53 Å². The third kappa shape index (κ3) is 5.09. The van der Waals surface area contributed by atoms with Crippen molar-refractivity contribution >= 4 is 23.2 Å². The van der Waals surface area contributed by atoms with Crippen molar-refractivity contribution in [2.45, 2.75) is 0 Å². The second-order valence-electron chi connectivity index (χ2n) is 4.47. The van der Waals surface area contributed by atoms with E-state index in [1.54, 1.807) is 11.9 Å². The molecule has 1 aromatic rings. The molecule has 0 bridgehead atoms. The summed E-state index contributed by atoms with van der Waals surface area (Å²) in [5, 5.41) is 0. The van der Waals surface area contributed by atoms with Gasteiger partial charge in [0.1, 0.15) is 0 Å². The molecule has 0 aromatic heterocycles. The molecule has 0 aliphatic carbocycles. The predicted octanol–water partition coefficient (Wildman–Crippen LogP) is 2.08. The molecule has 1 amide bonds. The van der Waals surface area contributed by atoms with Gasteiger partial charge >= 0.3 is 0 Å². The highest BCUT2D eigenvalue weighted by Crippen LogP contribution is 2.14. The van der Waals surface area contributed by atoms with Crippen LogP contribution in [-0.4, -0.2) is 57.6 Å². The molecule has 0 heterocycles. The maximum absolute atomic E-state index is 12.2. The van der Waals surface area contributed by atoms with Gasteiger partial charge in [-0.3, -0.25) is 4.79 Å². The summed E-state index contributed by atoms with van der Waals surface area (Å²) in [7, 11) is 5.68. The monoisotopic (exact) mass is 284 g/mol. The number of ether oxygens (including phenoxy) is 1. The normalized spacial score (nSPS) is 10.3. The van der Waals surface area contributed by atoms with Crippen LogP contribution in [0.3, 0.4) is 0 Å². The first kappa shape index (κ1) is 15.8. The SMILES string of the molecule is CN(CCOCCCl)C(=O)c1cccc(N(C)C)c1. The number of alkyl halides is 1. The number of carbonyl (C=O) groups excluding carboxylic acids is 1. The van der Waals surface area contributed by atoms with Crippen LogP contribution < -0.4 is 4.90 Å². The number of likely N-dealkylation sites (N-methyl/N-ethyl adjacent to an activating group) is 1. The van der Waals surface area contributed by atoms with Crippen molar-refractivity contribution in [1.82, 2.24) is 4.90 Å². The molecule has 1 rings (SSSR count). The Hall–Kier alpha value is -1.26. The quantitative estimate of drug-likeness (QED) is 0.568. The fourth-order valence-corrected chi connectivity index (χ4v) is 1.71. The first-order chi connectivity index (χ1) is 9.06. The minimum absolute atomic E-state index is 0.00169. The molecule has 0 N–H and O–H groups in total. The zero-order valence-electron chi connectivity index (χ0n) is 11.7. The molecule has 1 aromatic carbocycles. The molecule has 19 heavy (non-hydrogen) atoms. The molecule has 0 radical (unpaired) electrons. The van der Waals surface area contributed by atoms with E-state index in [1.807, 2.05) is 43.3 Å². The van der Waals surface area contributed by atoms with Crippen LogP contribution in [0.4, 0.5) is 5.69 Å². The Balaban J connectivity index is 2.58. The molecular weight excluding hydrogens is 264 g/mol. The second-order valence-corrected chi connectivity index (χ2v) is 4.85. The standard InChI is InChI=1S/C14H21ClN2O2/c1-16(2)13-6-4-5-12(11-13)14(18)17(3)8-10-19-9-7-15/h4-6,11H,7-10H2,1-3H3. The average molecular weight is 285 g/mol.